The summed E-state index contributed by atoms with van der Waals surface area (Å²) in [5.74, 6) is -2.34. The van der Waals surface area contributed by atoms with Gasteiger partial charge in [-0.15, -0.1) is 0 Å². The minimum atomic E-state index is -1.30. The smallest absolute Gasteiger partial charge is 0.320 e. The minimum Gasteiger partial charge on any atom is -0.481 e. The summed E-state index contributed by atoms with van der Waals surface area (Å²) in [4.78, 5) is 48.4. The van der Waals surface area contributed by atoms with Gasteiger partial charge in [0.05, 0.1) is 0 Å². The molecule has 12 nitrogen and oxygen atoms in total. The summed E-state index contributed by atoms with van der Waals surface area (Å²) in [6, 6.07) is 12.2. The second-order valence-electron chi connectivity index (χ2n) is 11.6. The summed E-state index contributed by atoms with van der Waals surface area (Å²) in [7, 11) is 0. The largest absolute Gasteiger partial charge is 0.481 e. The van der Waals surface area contributed by atoms with E-state index in [1.54, 1.807) is 0 Å². The van der Waals surface area contributed by atoms with E-state index in [4.69, 9.17) is 10.8 Å². The lowest BCUT2D eigenvalue weighted by Gasteiger charge is -2.28. The summed E-state index contributed by atoms with van der Waals surface area (Å²) >= 11 is 0. The van der Waals surface area contributed by atoms with E-state index in [0.29, 0.717) is 44.8 Å². The van der Waals surface area contributed by atoms with Gasteiger partial charge in [-0.05, 0) is 80.3 Å². The Morgan fingerprint density at radius 1 is 0.886 bits per heavy atom. The SMILES string of the molecule is NCC1CCC(C(=O)NC(Cc2ccc3ccccc3c2)C(=O)NCCCCCNC(O)N[C@@H](CCC(=O)O)C(=O)O)CC1. The van der Waals surface area contributed by atoms with Crippen molar-refractivity contribution in [2.75, 3.05) is 19.6 Å². The third-order valence-corrected chi connectivity index (χ3v) is 8.23. The highest BCUT2D eigenvalue weighted by Gasteiger charge is 2.29. The summed E-state index contributed by atoms with van der Waals surface area (Å²) in [5.41, 5.74) is 6.77. The van der Waals surface area contributed by atoms with Gasteiger partial charge in [-0.2, -0.15) is 0 Å². The van der Waals surface area contributed by atoms with E-state index >= 15 is 0 Å². The molecule has 3 atom stereocenters. The van der Waals surface area contributed by atoms with Gasteiger partial charge < -0.3 is 31.7 Å². The zero-order chi connectivity index (χ0) is 31.9. The van der Waals surface area contributed by atoms with Gasteiger partial charge in [0.15, 0.2) is 6.35 Å². The number of rotatable bonds is 19. The molecular formula is C32H47N5O7. The Balaban J connectivity index is 1.45. The van der Waals surface area contributed by atoms with Crippen molar-refractivity contribution in [1.29, 1.82) is 0 Å². The van der Waals surface area contributed by atoms with Gasteiger partial charge in [-0.25, -0.2) is 0 Å². The molecule has 2 amide bonds. The van der Waals surface area contributed by atoms with Crippen molar-refractivity contribution in [3.63, 3.8) is 0 Å². The van der Waals surface area contributed by atoms with Gasteiger partial charge in [-0.3, -0.25) is 29.8 Å². The van der Waals surface area contributed by atoms with Crippen molar-refractivity contribution in [2.24, 2.45) is 17.6 Å². The maximum absolute atomic E-state index is 13.3. The average Bonchev–Trinajstić information content (AvgIpc) is 3.01. The van der Waals surface area contributed by atoms with Crippen molar-refractivity contribution in [3.05, 3.63) is 48.0 Å². The molecule has 9 N–H and O–H groups in total. The first-order valence-corrected chi connectivity index (χ1v) is 15.5. The third kappa shape index (κ3) is 11.8. The fourth-order valence-corrected chi connectivity index (χ4v) is 5.56. The van der Waals surface area contributed by atoms with E-state index < -0.39 is 30.4 Å². The van der Waals surface area contributed by atoms with Crippen molar-refractivity contribution < 1.29 is 34.5 Å². The minimum absolute atomic E-state index is 0.0900. The van der Waals surface area contributed by atoms with Gasteiger partial charge in [0, 0.05) is 25.3 Å². The number of unbranched alkanes of at least 4 members (excludes halogenated alkanes) is 2. The molecule has 0 heterocycles. The predicted molar refractivity (Wildman–Crippen MR) is 166 cm³/mol. The van der Waals surface area contributed by atoms with Gasteiger partial charge in [0.2, 0.25) is 11.8 Å². The first-order valence-electron chi connectivity index (χ1n) is 15.5. The van der Waals surface area contributed by atoms with Crippen LogP contribution >= 0.6 is 0 Å². The number of carboxylic acids is 2. The summed E-state index contributed by atoms with van der Waals surface area (Å²) in [6.45, 7) is 1.44. The Bertz CT molecular complexity index is 1230. The quantitative estimate of drug-likeness (QED) is 0.0851. The summed E-state index contributed by atoms with van der Waals surface area (Å²) in [5, 5.41) is 41.3. The van der Waals surface area contributed by atoms with Gasteiger partial charge in [-0.1, -0.05) is 48.9 Å². The van der Waals surface area contributed by atoms with Crippen molar-refractivity contribution in [2.45, 2.75) is 82.6 Å². The first-order chi connectivity index (χ1) is 21.2. The van der Waals surface area contributed by atoms with Crippen LogP contribution in [0, 0.1) is 11.8 Å². The molecule has 0 bridgehead atoms. The molecule has 0 aliphatic heterocycles. The van der Waals surface area contributed by atoms with Crippen LogP contribution in [0.1, 0.15) is 63.4 Å². The standard InChI is InChI=1S/C32H47N5O7/c33-20-21-8-12-24(13-9-21)29(40)36-27(19-22-10-11-23-6-2-3-7-25(23)18-22)30(41)34-16-4-1-5-17-35-32(44)37-26(31(42)43)14-15-28(38)39/h2-3,6-7,10-11,18,21,24,26-27,32,35,37,44H,1,4-5,8-9,12-17,19-20,33H2,(H,34,41)(H,36,40)(H,38,39)(H,42,43)/t21?,24?,26-,27?,32?/m0/s1. The maximum Gasteiger partial charge on any atom is 0.320 e. The highest BCUT2D eigenvalue weighted by atomic mass is 16.4. The highest BCUT2D eigenvalue weighted by Crippen LogP contribution is 2.28. The number of carbonyl (C=O) groups is 4. The molecule has 0 saturated heterocycles. The monoisotopic (exact) mass is 613 g/mol. The first kappa shape index (κ1) is 34.9. The second-order valence-corrected chi connectivity index (χ2v) is 11.6. The van der Waals surface area contributed by atoms with Crippen LogP contribution in [0.15, 0.2) is 42.5 Å². The number of amides is 2. The van der Waals surface area contributed by atoms with Crippen molar-refractivity contribution >= 4 is 34.5 Å². The lowest BCUT2D eigenvalue weighted by atomic mass is 9.81. The fourth-order valence-electron chi connectivity index (χ4n) is 5.56. The molecule has 2 aromatic rings. The van der Waals surface area contributed by atoms with Gasteiger partial charge >= 0.3 is 11.9 Å². The Kier molecular flexibility index (Phi) is 14.5. The predicted octanol–water partition coefficient (Wildman–Crippen LogP) is 1.69. The van der Waals surface area contributed by atoms with Crippen LogP contribution < -0.4 is 27.0 Å². The zero-order valence-electron chi connectivity index (χ0n) is 25.2. The van der Waals surface area contributed by atoms with Crippen LogP contribution in [0.25, 0.3) is 10.8 Å². The number of carboxylic acid groups (broad SMARTS) is 2. The molecule has 242 valence electrons. The number of fused-ring (bicyclic) bond motifs is 1. The molecule has 0 spiro atoms. The number of aliphatic hydroxyl groups is 1. The van der Waals surface area contributed by atoms with E-state index in [1.807, 2.05) is 36.4 Å². The van der Waals surface area contributed by atoms with E-state index in [-0.39, 0.29) is 30.6 Å². The van der Waals surface area contributed by atoms with Crippen LogP contribution in [0.4, 0.5) is 0 Å². The normalized spacial score (nSPS) is 18.7. The number of carbonyl (C=O) groups excluding carboxylic acids is 2. The highest BCUT2D eigenvalue weighted by molar-refractivity contribution is 5.89. The fraction of sp³-hybridized carbons (Fsp3) is 0.562. The van der Waals surface area contributed by atoms with E-state index in [2.05, 4.69) is 27.3 Å². The molecule has 1 aliphatic carbocycles. The number of benzene rings is 2. The molecular weight excluding hydrogens is 566 g/mol. The number of aliphatic carboxylic acids is 2. The molecule has 1 saturated carbocycles. The molecule has 2 unspecified atom stereocenters. The lowest BCUT2D eigenvalue weighted by molar-refractivity contribution is -0.142. The lowest BCUT2D eigenvalue weighted by Crippen LogP contribution is -2.50. The second kappa shape index (κ2) is 18.3. The Morgan fingerprint density at radius 2 is 1.59 bits per heavy atom. The summed E-state index contributed by atoms with van der Waals surface area (Å²) in [6.07, 6.45) is 4.04. The number of aliphatic hydroxyl groups excluding tert-OH is 1. The molecule has 0 aromatic heterocycles. The van der Waals surface area contributed by atoms with Crippen LogP contribution in [-0.4, -0.2) is 77.1 Å². The van der Waals surface area contributed by atoms with Crippen LogP contribution in [0.2, 0.25) is 0 Å². The zero-order valence-corrected chi connectivity index (χ0v) is 25.2. The number of hydrogen-bond acceptors (Lipinski definition) is 8. The summed E-state index contributed by atoms with van der Waals surface area (Å²) < 4.78 is 0. The Hall–Kier alpha value is -3.58. The van der Waals surface area contributed by atoms with Crippen LogP contribution in [0.5, 0.6) is 0 Å². The number of nitrogens with two attached hydrogens (primary N) is 1. The third-order valence-electron chi connectivity index (χ3n) is 8.23. The van der Waals surface area contributed by atoms with Crippen LogP contribution in [-0.2, 0) is 25.6 Å². The van der Waals surface area contributed by atoms with E-state index in [0.717, 1.165) is 48.4 Å². The number of nitrogens with one attached hydrogen (secondary N) is 4. The van der Waals surface area contributed by atoms with Crippen molar-refractivity contribution in [1.82, 2.24) is 21.3 Å². The number of hydrogen-bond donors (Lipinski definition) is 8. The van der Waals surface area contributed by atoms with Crippen LogP contribution in [0.3, 0.4) is 0 Å². The van der Waals surface area contributed by atoms with E-state index in [1.165, 1.54) is 0 Å². The van der Waals surface area contributed by atoms with Gasteiger partial charge in [0.25, 0.3) is 0 Å². The molecule has 12 heteroatoms. The molecule has 1 fully saturated rings. The molecule has 2 aromatic carbocycles. The Labute approximate surface area is 258 Å². The van der Waals surface area contributed by atoms with Gasteiger partial charge in [0.1, 0.15) is 12.1 Å². The van der Waals surface area contributed by atoms with Crippen molar-refractivity contribution in [3.8, 4) is 0 Å². The average molecular weight is 614 g/mol. The topological polar surface area (TPSA) is 203 Å². The maximum atomic E-state index is 13.3. The molecule has 3 rings (SSSR count). The van der Waals surface area contributed by atoms with E-state index in [9.17, 15) is 29.4 Å². The Morgan fingerprint density at radius 3 is 2.27 bits per heavy atom. The molecule has 0 radical (unpaired) electrons. The molecule has 1 aliphatic rings. The molecule has 44 heavy (non-hydrogen) atoms.